The Hall–Kier alpha value is -1.81. The zero-order valence-corrected chi connectivity index (χ0v) is 9.24. The van der Waals surface area contributed by atoms with E-state index in [0.717, 1.165) is 32.0 Å². The predicted octanol–water partition coefficient (Wildman–Crippen LogP) is 3.38. The Bertz CT molecular complexity index is 463. The summed E-state index contributed by atoms with van der Waals surface area (Å²) in [5, 5.41) is 3.41. The van der Waals surface area contributed by atoms with Crippen molar-refractivity contribution in [3.05, 3.63) is 39.8 Å². The smallest absolute Gasteiger partial charge is 0.160 e. The van der Waals surface area contributed by atoms with Gasteiger partial charge in [-0.25, -0.2) is 8.78 Å². The molecule has 2 rings (SSSR count). The average Bonchev–Trinajstić information content (AvgIpc) is 2.83. The molecule has 1 aromatic rings. The van der Waals surface area contributed by atoms with Crippen LogP contribution in [0.15, 0.2) is 17.2 Å². The molecule has 0 amide bonds. The molecule has 1 aliphatic rings. The average molecular weight is 238 g/mol. The number of benzene rings is 1. The number of hydrogen-bond acceptors (Lipinski definition) is 2. The summed E-state index contributed by atoms with van der Waals surface area (Å²) >= 11 is 0. The number of anilines is 1. The van der Waals surface area contributed by atoms with Crippen molar-refractivity contribution >= 4 is 5.69 Å². The molecule has 17 heavy (non-hydrogen) atoms. The quantitative estimate of drug-likeness (QED) is 0.452. The van der Waals surface area contributed by atoms with Crippen molar-refractivity contribution < 1.29 is 8.78 Å². The Balaban J connectivity index is 2.38. The van der Waals surface area contributed by atoms with Crippen LogP contribution in [0, 0.1) is 11.6 Å². The van der Waals surface area contributed by atoms with Gasteiger partial charge in [-0.2, -0.15) is 0 Å². The molecule has 4 nitrogen and oxygen atoms in total. The van der Waals surface area contributed by atoms with Crippen molar-refractivity contribution in [2.24, 2.45) is 5.11 Å². The maximum atomic E-state index is 13.2. The Labute approximate surface area is 97.5 Å². The fraction of sp³-hybridized carbons (Fsp3) is 0.455. The minimum absolute atomic E-state index is 0.0412. The van der Waals surface area contributed by atoms with E-state index in [-0.39, 0.29) is 6.54 Å². The molecule has 90 valence electrons. The van der Waals surface area contributed by atoms with Gasteiger partial charge < -0.3 is 4.90 Å². The van der Waals surface area contributed by atoms with E-state index >= 15 is 0 Å². The fourth-order valence-corrected chi connectivity index (χ4v) is 2.06. The lowest BCUT2D eigenvalue weighted by molar-refractivity contribution is 0.507. The van der Waals surface area contributed by atoms with Gasteiger partial charge in [-0.1, -0.05) is 5.11 Å². The van der Waals surface area contributed by atoms with Crippen LogP contribution in [-0.2, 0) is 6.54 Å². The maximum Gasteiger partial charge on any atom is 0.160 e. The maximum absolute atomic E-state index is 13.2. The molecule has 0 aliphatic carbocycles. The van der Waals surface area contributed by atoms with Crippen molar-refractivity contribution in [3.8, 4) is 0 Å². The van der Waals surface area contributed by atoms with Crippen molar-refractivity contribution in [2.75, 3.05) is 18.0 Å². The molecule has 0 spiro atoms. The lowest BCUT2D eigenvalue weighted by atomic mass is 10.1. The second kappa shape index (κ2) is 5.01. The molecule has 0 saturated carbocycles. The van der Waals surface area contributed by atoms with Crippen LogP contribution in [0.4, 0.5) is 14.5 Å². The van der Waals surface area contributed by atoms with Gasteiger partial charge >= 0.3 is 0 Å². The number of nitrogens with zero attached hydrogens (tertiary/aromatic N) is 4. The second-order valence-electron chi connectivity index (χ2n) is 3.98. The predicted molar refractivity (Wildman–Crippen MR) is 60.7 cm³/mol. The van der Waals surface area contributed by atoms with E-state index in [4.69, 9.17) is 5.53 Å². The Morgan fingerprint density at radius 1 is 1.24 bits per heavy atom. The zero-order chi connectivity index (χ0) is 12.3. The van der Waals surface area contributed by atoms with Crippen LogP contribution < -0.4 is 4.90 Å². The van der Waals surface area contributed by atoms with E-state index < -0.39 is 11.6 Å². The first-order valence-corrected chi connectivity index (χ1v) is 5.46. The van der Waals surface area contributed by atoms with Gasteiger partial charge in [0.15, 0.2) is 11.6 Å². The van der Waals surface area contributed by atoms with E-state index in [1.165, 1.54) is 6.07 Å². The van der Waals surface area contributed by atoms with Gasteiger partial charge in [0.2, 0.25) is 0 Å². The van der Waals surface area contributed by atoms with E-state index in [1.807, 2.05) is 4.90 Å². The van der Waals surface area contributed by atoms with E-state index in [2.05, 4.69) is 10.0 Å². The van der Waals surface area contributed by atoms with Crippen molar-refractivity contribution in [1.82, 2.24) is 0 Å². The number of rotatable bonds is 3. The highest BCUT2D eigenvalue weighted by atomic mass is 19.2. The second-order valence-corrected chi connectivity index (χ2v) is 3.98. The van der Waals surface area contributed by atoms with E-state index in [0.29, 0.717) is 11.3 Å². The largest absolute Gasteiger partial charge is 0.371 e. The molecule has 1 heterocycles. The van der Waals surface area contributed by atoms with Crippen molar-refractivity contribution in [2.45, 2.75) is 19.4 Å². The molecule has 0 atom stereocenters. The minimum atomic E-state index is -0.906. The van der Waals surface area contributed by atoms with E-state index in [9.17, 15) is 8.78 Å². The third-order valence-corrected chi connectivity index (χ3v) is 2.87. The van der Waals surface area contributed by atoms with Crippen molar-refractivity contribution in [1.29, 1.82) is 0 Å². The first-order valence-electron chi connectivity index (χ1n) is 5.46. The molecule has 1 aliphatic heterocycles. The summed E-state index contributed by atoms with van der Waals surface area (Å²) in [6.07, 6.45) is 2.08. The van der Waals surface area contributed by atoms with Gasteiger partial charge in [-0.05, 0) is 30.0 Å². The third-order valence-electron chi connectivity index (χ3n) is 2.87. The normalized spacial score (nSPS) is 14.8. The molecule has 0 radical (unpaired) electrons. The molecule has 1 aromatic carbocycles. The number of halogens is 2. The molecular weight excluding hydrogens is 226 g/mol. The number of azide groups is 1. The van der Waals surface area contributed by atoms with Gasteiger partial charge in [0.1, 0.15) is 0 Å². The van der Waals surface area contributed by atoms with Crippen LogP contribution in [0.5, 0.6) is 0 Å². The van der Waals surface area contributed by atoms with Crippen LogP contribution in [-0.4, -0.2) is 13.1 Å². The lowest BCUT2D eigenvalue weighted by Crippen LogP contribution is -2.19. The zero-order valence-electron chi connectivity index (χ0n) is 9.24. The summed E-state index contributed by atoms with van der Waals surface area (Å²) in [7, 11) is 0. The summed E-state index contributed by atoms with van der Waals surface area (Å²) in [6, 6.07) is 2.29. The monoisotopic (exact) mass is 238 g/mol. The molecule has 1 saturated heterocycles. The van der Waals surface area contributed by atoms with Gasteiger partial charge in [0.25, 0.3) is 0 Å². The standard InChI is InChI=1S/C11H12F2N4/c12-9-5-8(7-15-16-14)11(6-10(9)13)17-3-1-2-4-17/h5-6H,1-4,7H2. The Morgan fingerprint density at radius 3 is 2.53 bits per heavy atom. The van der Waals surface area contributed by atoms with Gasteiger partial charge in [-0.3, -0.25) is 0 Å². The SMILES string of the molecule is [N-]=[N+]=NCc1cc(F)c(F)cc1N1CCCC1. The Kier molecular flexibility index (Phi) is 3.44. The van der Waals surface area contributed by atoms with Crippen LogP contribution >= 0.6 is 0 Å². The third kappa shape index (κ3) is 2.47. The summed E-state index contributed by atoms with van der Waals surface area (Å²) in [4.78, 5) is 4.63. The van der Waals surface area contributed by atoms with E-state index in [1.54, 1.807) is 0 Å². The van der Waals surface area contributed by atoms with Crippen LogP contribution in [0.25, 0.3) is 10.4 Å². The fourth-order valence-electron chi connectivity index (χ4n) is 2.06. The molecular formula is C11H12F2N4. The van der Waals surface area contributed by atoms with Crippen LogP contribution in [0.3, 0.4) is 0 Å². The number of hydrogen-bond donors (Lipinski definition) is 0. The minimum Gasteiger partial charge on any atom is -0.371 e. The summed E-state index contributed by atoms with van der Waals surface area (Å²) in [5.41, 5.74) is 9.45. The summed E-state index contributed by atoms with van der Waals surface area (Å²) in [6.45, 7) is 1.70. The van der Waals surface area contributed by atoms with Crippen LogP contribution in [0.2, 0.25) is 0 Å². The first kappa shape index (κ1) is 11.7. The first-order chi connectivity index (χ1) is 8.22. The summed E-state index contributed by atoms with van der Waals surface area (Å²) < 4.78 is 26.4. The molecule has 0 unspecified atom stereocenters. The van der Waals surface area contributed by atoms with Gasteiger partial charge in [-0.15, -0.1) is 0 Å². The highest BCUT2D eigenvalue weighted by molar-refractivity contribution is 5.54. The van der Waals surface area contributed by atoms with Crippen LogP contribution in [0.1, 0.15) is 18.4 Å². The molecule has 1 fully saturated rings. The molecule has 0 bridgehead atoms. The summed E-state index contributed by atoms with van der Waals surface area (Å²) in [5.74, 6) is -1.77. The van der Waals surface area contributed by atoms with Gasteiger partial charge in [0.05, 0.1) is 6.54 Å². The molecule has 0 aromatic heterocycles. The molecule has 6 heteroatoms. The molecule has 0 N–H and O–H groups in total. The van der Waals surface area contributed by atoms with Crippen molar-refractivity contribution in [3.63, 3.8) is 0 Å². The topological polar surface area (TPSA) is 52.0 Å². The highest BCUT2D eigenvalue weighted by Gasteiger charge is 2.18. The highest BCUT2D eigenvalue weighted by Crippen LogP contribution is 2.27. The lowest BCUT2D eigenvalue weighted by Gasteiger charge is -2.21. The van der Waals surface area contributed by atoms with Gasteiger partial charge in [0, 0.05) is 29.8 Å². The Morgan fingerprint density at radius 2 is 1.88 bits per heavy atom.